The Hall–Kier alpha value is -2.70. The van der Waals surface area contributed by atoms with Gasteiger partial charge in [0.05, 0.1) is 29.7 Å². The van der Waals surface area contributed by atoms with Gasteiger partial charge < -0.3 is 9.26 Å². The van der Waals surface area contributed by atoms with Crippen LogP contribution < -0.4 is 0 Å². The average molecular weight is 432 g/mol. The summed E-state index contributed by atoms with van der Waals surface area (Å²) in [4.78, 5) is 0.0880. The largest absolute Gasteiger partial charge is 0.383 e. The molecule has 0 N–H and O–H groups in total. The van der Waals surface area contributed by atoms with Crippen molar-refractivity contribution in [1.29, 1.82) is 5.26 Å². The van der Waals surface area contributed by atoms with Crippen LogP contribution in [-0.2, 0) is 21.3 Å². The van der Waals surface area contributed by atoms with Crippen LogP contribution in [-0.4, -0.2) is 38.1 Å². The molecule has 0 saturated carbocycles. The quantitative estimate of drug-likeness (QED) is 0.539. The average Bonchev–Trinajstić information content (AvgIpc) is 3.20. The van der Waals surface area contributed by atoms with Gasteiger partial charge in [0.2, 0.25) is 10.0 Å². The third-order valence-electron chi connectivity index (χ3n) is 4.20. The van der Waals surface area contributed by atoms with E-state index in [1.54, 1.807) is 30.3 Å². The molecule has 0 radical (unpaired) electrons. The molecule has 0 aliphatic heterocycles. The molecule has 0 atom stereocenters. The second kappa shape index (κ2) is 9.20. The first-order valence-electron chi connectivity index (χ1n) is 8.65. The summed E-state index contributed by atoms with van der Waals surface area (Å²) in [6.45, 7) is 0.343. The fourth-order valence-electron chi connectivity index (χ4n) is 2.65. The van der Waals surface area contributed by atoms with E-state index in [1.807, 2.05) is 6.07 Å². The standard InChI is InChI=1S/C20H18ClN3O4S/c1-27-11-10-24(29(25,26)19-8-2-15(13-22)3-9-19)14-18-12-20(23-28-18)16-4-6-17(21)7-5-16/h2-9,12H,10-11,14H2,1H3. The van der Waals surface area contributed by atoms with Gasteiger partial charge in [-0.25, -0.2) is 8.42 Å². The van der Waals surface area contributed by atoms with Gasteiger partial charge >= 0.3 is 0 Å². The maximum absolute atomic E-state index is 13.1. The molecule has 0 saturated heterocycles. The number of benzene rings is 2. The summed E-state index contributed by atoms with van der Waals surface area (Å²) in [6, 6.07) is 16.5. The summed E-state index contributed by atoms with van der Waals surface area (Å²) in [5.41, 5.74) is 1.78. The molecule has 0 bridgehead atoms. The lowest BCUT2D eigenvalue weighted by Crippen LogP contribution is -2.33. The first-order chi connectivity index (χ1) is 13.9. The lowest BCUT2D eigenvalue weighted by Gasteiger charge is -2.20. The first kappa shape index (κ1) is 21.0. The Balaban J connectivity index is 1.85. The number of aromatic nitrogens is 1. The number of halogens is 1. The topological polar surface area (TPSA) is 96.4 Å². The Morgan fingerprint density at radius 1 is 1.17 bits per heavy atom. The summed E-state index contributed by atoms with van der Waals surface area (Å²) in [5, 5.41) is 13.5. The lowest BCUT2D eigenvalue weighted by atomic mass is 10.1. The predicted molar refractivity (Wildman–Crippen MR) is 108 cm³/mol. The van der Waals surface area contributed by atoms with Crippen LogP contribution in [0.5, 0.6) is 0 Å². The molecule has 0 amide bonds. The number of nitriles is 1. The first-order valence-corrected chi connectivity index (χ1v) is 10.5. The summed E-state index contributed by atoms with van der Waals surface area (Å²) in [6.07, 6.45) is 0. The number of ether oxygens (including phenoxy) is 1. The molecule has 0 spiro atoms. The van der Waals surface area contributed by atoms with Crippen molar-refractivity contribution in [2.45, 2.75) is 11.4 Å². The van der Waals surface area contributed by atoms with Gasteiger partial charge in [0.15, 0.2) is 5.76 Å². The lowest BCUT2D eigenvalue weighted by molar-refractivity contribution is 0.174. The second-order valence-corrected chi connectivity index (χ2v) is 8.53. The Kier molecular flexibility index (Phi) is 6.67. The maximum Gasteiger partial charge on any atom is 0.243 e. The monoisotopic (exact) mass is 431 g/mol. The van der Waals surface area contributed by atoms with Crippen molar-refractivity contribution in [3.8, 4) is 17.3 Å². The summed E-state index contributed by atoms with van der Waals surface area (Å²) in [7, 11) is -2.32. The van der Waals surface area contributed by atoms with Gasteiger partial charge in [0.25, 0.3) is 0 Å². The van der Waals surface area contributed by atoms with Gasteiger partial charge in [-0.1, -0.05) is 28.9 Å². The van der Waals surface area contributed by atoms with E-state index in [1.165, 1.54) is 35.7 Å². The molecule has 9 heteroatoms. The normalized spacial score (nSPS) is 11.5. The van der Waals surface area contributed by atoms with Crippen LogP contribution in [0.4, 0.5) is 0 Å². The predicted octanol–water partition coefficient (Wildman–Crippen LogP) is 3.70. The molecule has 2 aromatic carbocycles. The zero-order chi connectivity index (χ0) is 20.9. The zero-order valence-corrected chi connectivity index (χ0v) is 17.2. The summed E-state index contributed by atoms with van der Waals surface area (Å²) < 4.78 is 37.8. The highest BCUT2D eigenvalue weighted by atomic mass is 35.5. The Labute approximate surface area is 174 Å². The molecule has 7 nitrogen and oxygen atoms in total. The van der Waals surface area contributed by atoms with E-state index in [0.717, 1.165) is 5.56 Å². The number of nitrogens with zero attached hydrogens (tertiary/aromatic N) is 3. The zero-order valence-electron chi connectivity index (χ0n) is 15.6. The van der Waals surface area contributed by atoms with Crippen LogP contribution in [0.25, 0.3) is 11.3 Å². The molecule has 0 fully saturated rings. The van der Waals surface area contributed by atoms with Crippen LogP contribution in [0.2, 0.25) is 5.02 Å². The van der Waals surface area contributed by atoms with E-state index >= 15 is 0 Å². The molecule has 0 unspecified atom stereocenters. The highest BCUT2D eigenvalue weighted by Crippen LogP contribution is 2.24. The van der Waals surface area contributed by atoms with Crippen molar-refractivity contribution in [2.24, 2.45) is 0 Å². The highest BCUT2D eigenvalue weighted by Gasteiger charge is 2.26. The van der Waals surface area contributed by atoms with Gasteiger partial charge in [0, 0.05) is 30.3 Å². The minimum atomic E-state index is -3.82. The van der Waals surface area contributed by atoms with E-state index in [2.05, 4.69) is 5.16 Å². The summed E-state index contributed by atoms with van der Waals surface area (Å²) in [5.74, 6) is 0.392. The van der Waals surface area contributed by atoms with Gasteiger partial charge in [0.1, 0.15) is 5.69 Å². The SMILES string of the molecule is COCCN(Cc1cc(-c2ccc(Cl)cc2)no1)S(=O)(=O)c1ccc(C#N)cc1. The van der Waals surface area contributed by atoms with Crippen molar-refractivity contribution in [3.05, 3.63) is 70.9 Å². The van der Waals surface area contributed by atoms with Crippen LogP contribution in [0.3, 0.4) is 0 Å². The van der Waals surface area contributed by atoms with E-state index in [9.17, 15) is 8.42 Å². The summed E-state index contributed by atoms with van der Waals surface area (Å²) >= 11 is 5.90. The Bertz CT molecular complexity index is 1100. The van der Waals surface area contributed by atoms with Crippen molar-refractivity contribution in [3.63, 3.8) is 0 Å². The third kappa shape index (κ3) is 5.02. The third-order valence-corrected chi connectivity index (χ3v) is 6.31. The molecule has 1 aromatic heterocycles. The molecular weight excluding hydrogens is 414 g/mol. The highest BCUT2D eigenvalue weighted by molar-refractivity contribution is 7.89. The smallest absolute Gasteiger partial charge is 0.243 e. The van der Waals surface area contributed by atoms with Crippen molar-refractivity contribution < 1.29 is 17.7 Å². The van der Waals surface area contributed by atoms with Gasteiger partial charge in [-0.05, 0) is 36.4 Å². The molecule has 29 heavy (non-hydrogen) atoms. The fourth-order valence-corrected chi connectivity index (χ4v) is 4.16. The number of hydrogen-bond donors (Lipinski definition) is 0. The van der Waals surface area contributed by atoms with Gasteiger partial charge in [-0.15, -0.1) is 0 Å². The van der Waals surface area contributed by atoms with Crippen LogP contribution in [0.15, 0.2) is 64.0 Å². The molecule has 1 heterocycles. The van der Waals surface area contributed by atoms with Gasteiger partial charge in [-0.3, -0.25) is 0 Å². The van der Waals surface area contributed by atoms with Crippen molar-refractivity contribution in [1.82, 2.24) is 9.46 Å². The van der Waals surface area contributed by atoms with E-state index in [0.29, 0.717) is 22.0 Å². The van der Waals surface area contributed by atoms with E-state index < -0.39 is 10.0 Å². The molecule has 150 valence electrons. The second-order valence-electron chi connectivity index (χ2n) is 6.15. The number of hydrogen-bond acceptors (Lipinski definition) is 6. The van der Waals surface area contributed by atoms with Crippen LogP contribution in [0, 0.1) is 11.3 Å². The van der Waals surface area contributed by atoms with Crippen LogP contribution >= 0.6 is 11.6 Å². The molecular formula is C20H18ClN3O4S. The molecule has 0 aliphatic carbocycles. The number of sulfonamides is 1. The Morgan fingerprint density at radius 2 is 1.86 bits per heavy atom. The number of methoxy groups -OCH3 is 1. The molecule has 3 rings (SSSR count). The van der Waals surface area contributed by atoms with E-state index in [-0.39, 0.29) is 24.6 Å². The maximum atomic E-state index is 13.1. The van der Waals surface area contributed by atoms with Crippen molar-refractivity contribution in [2.75, 3.05) is 20.3 Å². The number of rotatable bonds is 8. The minimum Gasteiger partial charge on any atom is -0.383 e. The molecule has 0 aliphatic rings. The van der Waals surface area contributed by atoms with Gasteiger partial charge in [-0.2, -0.15) is 9.57 Å². The fraction of sp³-hybridized carbons (Fsp3) is 0.200. The Morgan fingerprint density at radius 3 is 2.48 bits per heavy atom. The van der Waals surface area contributed by atoms with E-state index in [4.69, 9.17) is 26.1 Å². The van der Waals surface area contributed by atoms with Crippen molar-refractivity contribution >= 4 is 21.6 Å². The van der Waals surface area contributed by atoms with Crippen LogP contribution in [0.1, 0.15) is 11.3 Å². The minimum absolute atomic E-state index is 0.00765. The molecule has 3 aromatic rings.